The summed E-state index contributed by atoms with van der Waals surface area (Å²) in [6.07, 6.45) is -10.0. The summed E-state index contributed by atoms with van der Waals surface area (Å²) >= 11 is 0. The highest BCUT2D eigenvalue weighted by Crippen LogP contribution is 2.35. The SMILES string of the molecule is COCC(OC)C(OC)C(OC1OC(COC)C(OC)C(OC)C1O[C@@H]1O[C@H](COC)[C@@H](OC)[C@H](OC)[C@H]1OC)C(COC)OC. The Morgan fingerprint density at radius 1 is 0.435 bits per heavy atom. The fraction of sp³-hybridized carbons (Fsp3) is 1.00. The molecule has 0 aromatic carbocycles. The van der Waals surface area contributed by atoms with Gasteiger partial charge in [0.15, 0.2) is 12.6 Å². The van der Waals surface area contributed by atoms with Gasteiger partial charge < -0.3 is 75.8 Å². The van der Waals surface area contributed by atoms with Crippen molar-refractivity contribution in [2.45, 2.75) is 85.8 Å². The molecule has 46 heavy (non-hydrogen) atoms. The lowest BCUT2D eigenvalue weighted by molar-refractivity contribution is -0.384. The molecule has 2 fully saturated rings. The Balaban J connectivity index is 2.63. The highest BCUT2D eigenvalue weighted by Gasteiger charge is 2.55. The van der Waals surface area contributed by atoms with E-state index in [0.29, 0.717) is 0 Å². The summed E-state index contributed by atoms with van der Waals surface area (Å²) in [5.41, 5.74) is 0. The van der Waals surface area contributed by atoms with Gasteiger partial charge >= 0.3 is 0 Å². The Hall–Kier alpha value is -0.640. The molecular weight excluding hydrogens is 616 g/mol. The summed E-state index contributed by atoms with van der Waals surface area (Å²) in [5.74, 6) is 0. The van der Waals surface area contributed by atoms with Gasteiger partial charge in [-0.25, -0.2) is 0 Å². The quantitative estimate of drug-likeness (QED) is 0.142. The van der Waals surface area contributed by atoms with Gasteiger partial charge in [-0.2, -0.15) is 0 Å². The molecule has 9 unspecified atom stereocenters. The second-order valence-electron chi connectivity index (χ2n) is 10.9. The first-order chi connectivity index (χ1) is 22.3. The third kappa shape index (κ3) is 10.2. The first-order valence-corrected chi connectivity index (χ1v) is 15.1. The predicted octanol–water partition coefficient (Wildman–Crippen LogP) is -0.0878. The minimum absolute atomic E-state index is 0.169. The summed E-state index contributed by atoms with van der Waals surface area (Å²) in [4.78, 5) is 0. The smallest absolute Gasteiger partial charge is 0.187 e. The first-order valence-electron chi connectivity index (χ1n) is 15.1. The highest BCUT2D eigenvalue weighted by molar-refractivity contribution is 4.97. The van der Waals surface area contributed by atoms with Crippen LogP contribution in [-0.4, -0.2) is 198 Å². The zero-order valence-electron chi connectivity index (χ0n) is 29.4. The van der Waals surface area contributed by atoms with Gasteiger partial charge in [0, 0.05) is 85.3 Å². The molecule has 0 spiro atoms. The summed E-state index contributed by atoms with van der Waals surface area (Å²) in [6, 6.07) is 0. The van der Waals surface area contributed by atoms with Gasteiger partial charge in [-0.1, -0.05) is 0 Å². The van der Waals surface area contributed by atoms with Gasteiger partial charge in [-0.05, 0) is 0 Å². The molecular formula is C30H58O16. The van der Waals surface area contributed by atoms with Crippen molar-refractivity contribution in [3.63, 3.8) is 0 Å². The molecule has 16 heteroatoms. The molecule has 0 aliphatic carbocycles. The summed E-state index contributed by atoms with van der Waals surface area (Å²) in [5, 5.41) is 0. The topological polar surface area (TPSA) is 148 Å². The van der Waals surface area contributed by atoms with E-state index in [0.717, 1.165) is 0 Å². The Morgan fingerprint density at radius 3 is 1.26 bits per heavy atom. The van der Waals surface area contributed by atoms with Crippen molar-refractivity contribution in [2.75, 3.05) is 112 Å². The zero-order valence-corrected chi connectivity index (χ0v) is 29.4. The normalized spacial score (nSPS) is 34.7. The van der Waals surface area contributed by atoms with Crippen molar-refractivity contribution in [2.24, 2.45) is 0 Å². The van der Waals surface area contributed by atoms with E-state index < -0.39 is 85.8 Å². The van der Waals surface area contributed by atoms with Crippen LogP contribution in [0.1, 0.15) is 0 Å². The second-order valence-corrected chi connectivity index (χ2v) is 10.9. The lowest BCUT2D eigenvalue weighted by Gasteiger charge is -2.50. The number of ether oxygens (including phenoxy) is 16. The van der Waals surface area contributed by atoms with E-state index in [4.69, 9.17) is 75.8 Å². The molecule has 0 saturated carbocycles. The summed E-state index contributed by atoms with van der Waals surface area (Å²) in [6.45, 7) is 0.774. The fourth-order valence-electron chi connectivity index (χ4n) is 6.18. The maximum absolute atomic E-state index is 6.79. The van der Waals surface area contributed by atoms with Crippen molar-refractivity contribution >= 4 is 0 Å². The van der Waals surface area contributed by atoms with Crippen LogP contribution in [-0.2, 0) is 75.8 Å². The van der Waals surface area contributed by atoms with E-state index in [1.807, 2.05) is 0 Å². The van der Waals surface area contributed by atoms with Gasteiger partial charge in [0.05, 0.1) is 26.4 Å². The molecule has 2 aliphatic heterocycles. The van der Waals surface area contributed by atoms with E-state index in [9.17, 15) is 0 Å². The first kappa shape index (κ1) is 41.5. The van der Waals surface area contributed by atoms with Gasteiger partial charge in [0.25, 0.3) is 0 Å². The molecule has 2 heterocycles. The molecule has 0 radical (unpaired) electrons. The maximum atomic E-state index is 6.79. The van der Waals surface area contributed by atoms with Crippen molar-refractivity contribution in [1.29, 1.82) is 0 Å². The minimum atomic E-state index is -1.10. The molecule has 16 nitrogen and oxygen atoms in total. The molecule has 0 bridgehead atoms. The van der Waals surface area contributed by atoms with Crippen molar-refractivity contribution < 1.29 is 75.8 Å². The second kappa shape index (κ2) is 22.2. The van der Waals surface area contributed by atoms with Crippen LogP contribution in [0.25, 0.3) is 0 Å². The Bertz CT molecular complexity index is 781. The third-order valence-electron chi connectivity index (χ3n) is 8.38. The average molecular weight is 675 g/mol. The van der Waals surface area contributed by atoms with Crippen LogP contribution in [0.3, 0.4) is 0 Å². The van der Waals surface area contributed by atoms with E-state index in [-0.39, 0.29) is 26.4 Å². The van der Waals surface area contributed by atoms with Crippen molar-refractivity contribution in [1.82, 2.24) is 0 Å². The van der Waals surface area contributed by atoms with Gasteiger partial charge in [0.1, 0.15) is 73.2 Å². The van der Waals surface area contributed by atoms with Crippen LogP contribution in [0.2, 0.25) is 0 Å². The molecule has 274 valence electrons. The summed E-state index contributed by atoms with van der Waals surface area (Å²) in [7, 11) is 18.8. The van der Waals surface area contributed by atoms with Crippen LogP contribution >= 0.6 is 0 Å². The largest absolute Gasteiger partial charge is 0.382 e. The van der Waals surface area contributed by atoms with E-state index in [2.05, 4.69) is 0 Å². The average Bonchev–Trinajstić information content (AvgIpc) is 3.06. The fourth-order valence-corrected chi connectivity index (χ4v) is 6.18. The van der Waals surface area contributed by atoms with E-state index >= 15 is 0 Å². The van der Waals surface area contributed by atoms with E-state index in [1.165, 1.54) is 0 Å². The maximum Gasteiger partial charge on any atom is 0.187 e. The van der Waals surface area contributed by atoms with Crippen LogP contribution in [0.5, 0.6) is 0 Å². The molecule has 0 amide bonds. The van der Waals surface area contributed by atoms with E-state index in [1.54, 1.807) is 85.3 Å². The molecule has 2 aliphatic rings. The van der Waals surface area contributed by atoms with Crippen LogP contribution in [0, 0.1) is 0 Å². The molecule has 2 saturated heterocycles. The molecule has 0 N–H and O–H groups in total. The number of methoxy groups -OCH3 is 12. The standard InChI is InChI=1S/C30H58O16/c1-31-13-17(35-5)21(37-7)24(18(36-6)14-32-2)45-30-28(26(41-11)23(39-9)20(44-30)16-34-4)46-29-27(42-12)25(40-10)22(38-8)19(43-29)15-33-3/h17-30H,13-16H2,1-12H3/t17?,18?,19-,20?,21?,22-,23?,24?,25+,26?,27-,28?,29+,30?/m1/s1. The van der Waals surface area contributed by atoms with Gasteiger partial charge in [0.2, 0.25) is 0 Å². The number of rotatable bonds is 23. The highest BCUT2D eigenvalue weighted by atomic mass is 16.8. The minimum Gasteiger partial charge on any atom is -0.382 e. The van der Waals surface area contributed by atoms with Crippen LogP contribution < -0.4 is 0 Å². The Morgan fingerprint density at radius 2 is 0.870 bits per heavy atom. The van der Waals surface area contributed by atoms with Crippen molar-refractivity contribution in [3.05, 3.63) is 0 Å². The Labute approximate surface area is 273 Å². The lowest BCUT2D eigenvalue weighted by Crippen LogP contribution is -2.67. The third-order valence-corrected chi connectivity index (χ3v) is 8.38. The molecule has 14 atom stereocenters. The predicted molar refractivity (Wildman–Crippen MR) is 161 cm³/mol. The number of hydrogen-bond acceptors (Lipinski definition) is 16. The zero-order chi connectivity index (χ0) is 34.2. The number of hydrogen-bond donors (Lipinski definition) is 0. The van der Waals surface area contributed by atoms with Gasteiger partial charge in [-0.3, -0.25) is 0 Å². The van der Waals surface area contributed by atoms with Crippen LogP contribution in [0.15, 0.2) is 0 Å². The molecule has 0 aromatic rings. The monoisotopic (exact) mass is 674 g/mol. The molecule has 0 aromatic heterocycles. The Kier molecular flexibility index (Phi) is 20.0. The molecule has 2 rings (SSSR count). The summed E-state index contributed by atoms with van der Waals surface area (Å²) < 4.78 is 95.2. The van der Waals surface area contributed by atoms with Gasteiger partial charge in [-0.15, -0.1) is 0 Å². The lowest BCUT2D eigenvalue weighted by atomic mass is 9.96. The van der Waals surface area contributed by atoms with Crippen molar-refractivity contribution in [3.8, 4) is 0 Å². The van der Waals surface area contributed by atoms with Crippen LogP contribution in [0.4, 0.5) is 0 Å².